The first-order chi connectivity index (χ1) is 8.68. The van der Waals surface area contributed by atoms with Crippen molar-refractivity contribution in [3.8, 4) is 0 Å². The van der Waals surface area contributed by atoms with Gasteiger partial charge in [0.2, 0.25) is 5.91 Å². The van der Waals surface area contributed by atoms with Crippen LogP contribution in [-0.2, 0) is 9.59 Å². The fourth-order valence-electron chi connectivity index (χ4n) is 2.89. The van der Waals surface area contributed by atoms with Crippen molar-refractivity contribution in [3.05, 3.63) is 0 Å². The molecule has 3 atom stereocenters. The zero-order valence-electron chi connectivity index (χ0n) is 10.6. The van der Waals surface area contributed by atoms with Gasteiger partial charge in [0, 0.05) is 11.8 Å². The number of amides is 1. The van der Waals surface area contributed by atoms with E-state index in [0.29, 0.717) is 18.2 Å². The number of carboxylic acids is 1. The van der Waals surface area contributed by atoms with Gasteiger partial charge >= 0.3 is 5.97 Å². The molecule has 0 aromatic carbocycles. The number of hydrogen-bond acceptors (Lipinski definition) is 3. The molecule has 0 bridgehead atoms. The van der Waals surface area contributed by atoms with Crippen molar-refractivity contribution in [2.45, 2.75) is 43.8 Å². The summed E-state index contributed by atoms with van der Waals surface area (Å²) >= 11 is 1.91. The van der Waals surface area contributed by atoms with E-state index in [-0.39, 0.29) is 11.8 Å². The van der Waals surface area contributed by atoms with Crippen LogP contribution < -0.4 is 5.32 Å². The predicted octanol–water partition coefficient (Wildman–Crippen LogP) is 1.89. The highest BCUT2D eigenvalue weighted by Crippen LogP contribution is 2.31. The van der Waals surface area contributed by atoms with Crippen molar-refractivity contribution < 1.29 is 14.7 Å². The van der Waals surface area contributed by atoms with Crippen LogP contribution in [0.2, 0.25) is 0 Å². The second-order valence-corrected chi connectivity index (χ2v) is 6.62. The van der Waals surface area contributed by atoms with Gasteiger partial charge < -0.3 is 10.4 Å². The van der Waals surface area contributed by atoms with Gasteiger partial charge in [0.15, 0.2) is 0 Å². The third kappa shape index (κ3) is 3.40. The van der Waals surface area contributed by atoms with Gasteiger partial charge in [-0.15, -0.1) is 0 Å². The molecule has 0 radical (unpaired) electrons. The van der Waals surface area contributed by atoms with E-state index in [0.717, 1.165) is 25.7 Å². The molecule has 1 amide bonds. The van der Waals surface area contributed by atoms with Crippen molar-refractivity contribution in [2.24, 2.45) is 11.8 Å². The fraction of sp³-hybridized carbons (Fsp3) is 0.846. The summed E-state index contributed by atoms with van der Waals surface area (Å²) in [5.74, 6) is -0.473. The standard InChI is InChI=1S/C13H21NO3S/c15-12(14-8-9-4-3-7-18-9)10-5-1-2-6-11(10)13(16)17/h9-11H,1-8H2,(H,14,15)(H,16,17). The molecule has 18 heavy (non-hydrogen) atoms. The Balaban J connectivity index is 1.83. The summed E-state index contributed by atoms with van der Waals surface area (Å²) < 4.78 is 0. The lowest BCUT2D eigenvalue weighted by molar-refractivity contribution is -0.148. The van der Waals surface area contributed by atoms with Gasteiger partial charge in [-0.05, 0) is 31.4 Å². The maximum absolute atomic E-state index is 12.1. The molecule has 2 N–H and O–H groups in total. The number of nitrogens with one attached hydrogen (secondary N) is 1. The molecule has 4 nitrogen and oxygen atoms in total. The Labute approximate surface area is 112 Å². The first-order valence-electron chi connectivity index (χ1n) is 6.80. The van der Waals surface area contributed by atoms with E-state index in [1.165, 1.54) is 12.2 Å². The van der Waals surface area contributed by atoms with E-state index >= 15 is 0 Å². The van der Waals surface area contributed by atoms with Gasteiger partial charge in [0.05, 0.1) is 11.8 Å². The van der Waals surface area contributed by atoms with Crippen LogP contribution in [0.3, 0.4) is 0 Å². The molecule has 2 aliphatic rings. The van der Waals surface area contributed by atoms with Crippen LogP contribution in [0.15, 0.2) is 0 Å². The summed E-state index contributed by atoms with van der Waals surface area (Å²) in [5.41, 5.74) is 0. The highest BCUT2D eigenvalue weighted by atomic mass is 32.2. The number of carboxylic acid groups (broad SMARTS) is 1. The molecule has 102 valence electrons. The molecular formula is C13H21NO3S. The molecule has 3 unspecified atom stereocenters. The summed E-state index contributed by atoms with van der Waals surface area (Å²) in [6, 6.07) is 0. The van der Waals surface area contributed by atoms with Crippen molar-refractivity contribution >= 4 is 23.6 Å². The van der Waals surface area contributed by atoms with Crippen LogP contribution in [0.5, 0.6) is 0 Å². The van der Waals surface area contributed by atoms with Crippen LogP contribution in [0.25, 0.3) is 0 Å². The Morgan fingerprint density at radius 2 is 1.83 bits per heavy atom. The number of hydrogen-bond donors (Lipinski definition) is 2. The predicted molar refractivity (Wildman–Crippen MR) is 71.6 cm³/mol. The van der Waals surface area contributed by atoms with Crippen molar-refractivity contribution in [1.82, 2.24) is 5.32 Å². The Kier molecular flexibility index (Phi) is 4.92. The molecule has 2 fully saturated rings. The second-order valence-electron chi connectivity index (χ2n) is 5.22. The average molecular weight is 271 g/mol. The molecule has 1 aliphatic heterocycles. The molecule has 1 saturated carbocycles. The van der Waals surface area contributed by atoms with E-state index in [9.17, 15) is 9.59 Å². The van der Waals surface area contributed by atoms with E-state index < -0.39 is 11.9 Å². The van der Waals surface area contributed by atoms with Crippen LogP contribution in [0.4, 0.5) is 0 Å². The maximum atomic E-state index is 12.1. The Bertz CT molecular complexity index is 315. The van der Waals surface area contributed by atoms with Gasteiger partial charge in [-0.3, -0.25) is 9.59 Å². The number of aliphatic carboxylic acids is 1. The van der Waals surface area contributed by atoms with E-state index in [4.69, 9.17) is 5.11 Å². The molecule has 0 spiro atoms. The summed E-state index contributed by atoms with van der Waals surface area (Å²) in [6.45, 7) is 0.701. The highest BCUT2D eigenvalue weighted by molar-refractivity contribution is 8.00. The highest BCUT2D eigenvalue weighted by Gasteiger charge is 2.35. The first-order valence-corrected chi connectivity index (χ1v) is 7.85. The van der Waals surface area contributed by atoms with Crippen LogP contribution in [0.1, 0.15) is 38.5 Å². The lowest BCUT2D eigenvalue weighted by atomic mass is 9.78. The van der Waals surface area contributed by atoms with Crippen LogP contribution >= 0.6 is 11.8 Å². The number of rotatable bonds is 4. The summed E-state index contributed by atoms with van der Waals surface area (Å²) in [7, 11) is 0. The van der Waals surface area contributed by atoms with Gasteiger partial charge in [0.25, 0.3) is 0 Å². The Hall–Kier alpha value is -0.710. The smallest absolute Gasteiger partial charge is 0.307 e. The Morgan fingerprint density at radius 3 is 2.44 bits per heavy atom. The normalized spacial score (nSPS) is 32.1. The lowest BCUT2D eigenvalue weighted by Gasteiger charge is -2.27. The number of carbonyl (C=O) groups is 2. The molecule has 1 saturated heterocycles. The molecule has 5 heteroatoms. The summed E-state index contributed by atoms with van der Waals surface area (Å²) in [5, 5.41) is 12.6. The average Bonchev–Trinajstić information content (AvgIpc) is 2.89. The molecule has 1 heterocycles. The molecule has 2 rings (SSSR count). The Morgan fingerprint density at radius 1 is 1.11 bits per heavy atom. The third-order valence-electron chi connectivity index (χ3n) is 3.95. The quantitative estimate of drug-likeness (QED) is 0.819. The zero-order valence-corrected chi connectivity index (χ0v) is 11.4. The zero-order chi connectivity index (χ0) is 13.0. The van der Waals surface area contributed by atoms with E-state index in [2.05, 4.69) is 5.32 Å². The molecule has 0 aromatic heterocycles. The third-order valence-corrected chi connectivity index (χ3v) is 5.35. The van der Waals surface area contributed by atoms with Gasteiger partial charge in [-0.25, -0.2) is 0 Å². The van der Waals surface area contributed by atoms with Crippen molar-refractivity contribution in [3.63, 3.8) is 0 Å². The minimum Gasteiger partial charge on any atom is -0.481 e. The topological polar surface area (TPSA) is 66.4 Å². The van der Waals surface area contributed by atoms with Crippen molar-refractivity contribution in [1.29, 1.82) is 0 Å². The van der Waals surface area contributed by atoms with Gasteiger partial charge in [-0.2, -0.15) is 11.8 Å². The minimum atomic E-state index is -0.815. The maximum Gasteiger partial charge on any atom is 0.307 e. The molecule has 0 aromatic rings. The summed E-state index contributed by atoms with van der Waals surface area (Å²) in [6.07, 6.45) is 5.66. The SMILES string of the molecule is O=C(O)C1CCCCC1C(=O)NCC1CCCS1. The van der Waals surface area contributed by atoms with Gasteiger partial charge in [0.1, 0.15) is 0 Å². The van der Waals surface area contributed by atoms with E-state index in [1.54, 1.807) is 0 Å². The largest absolute Gasteiger partial charge is 0.481 e. The number of thioether (sulfide) groups is 1. The first kappa shape index (κ1) is 13.7. The number of carbonyl (C=O) groups excluding carboxylic acids is 1. The van der Waals surface area contributed by atoms with Crippen LogP contribution in [-0.4, -0.2) is 34.5 Å². The fourth-order valence-corrected chi connectivity index (χ4v) is 4.09. The lowest BCUT2D eigenvalue weighted by Crippen LogP contribution is -2.41. The van der Waals surface area contributed by atoms with Crippen LogP contribution in [0, 0.1) is 11.8 Å². The monoisotopic (exact) mass is 271 g/mol. The van der Waals surface area contributed by atoms with Crippen molar-refractivity contribution in [2.75, 3.05) is 12.3 Å². The molecule has 1 aliphatic carbocycles. The molecular weight excluding hydrogens is 250 g/mol. The van der Waals surface area contributed by atoms with Gasteiger partial charge in [-0.1, -0.05) is 12.8 Å². The minimum absolute atomic E-state index is 0.0467. The van der Waals surface area contributed by atoms with E-state index in [1.807, 2.05) is 11.8 Å². The summed E-state index contributed by atoms with van der Waals surface area (Å²) in [4.78, 5) is 23.2. The second kappa shape index (κ2) is 6.45.